The van der Waals surface area contributed by atoms with Crippen LogP contribution in [0.15, 0.2) is 18.2 Å². The van der Waals surface area contributed by atoms with Crippen LogP contribution in [0.3, 0.4) is 0 Å². The monoisotopic (exact) mass is 417 g/mol. The first-order valence-corrected chi connectivity index (χ1v) is 11.3. The number of anilines is 1. The van der Waals surface area contributed by atoms with Crippen LogP contribution in [0.5, 0.6) is 11.5 Å². The van der Waals surface area contributed by atoms with E-state index in [2.05, 4.69) is 21.9 Å². The van der Waals surface area contributed by atoms with E-state index >= 15 is 0 Å². The smallest absolute Gasteiger partial charge is 0.219 e. The van der Waals surface area contributed by atoms with Gasteiger partial charge in [0.05, 0.1) is 32.5 Å². The van der Waals surface area contributed by atoms with Gasteiger partial charge in [0.1, 0.15) is 0 Å². The summed E-state index contributed by atoms with van der Waals surface area (Å²) in [6.45, 7) is 8.39. The van der Waals surface area contributed by atoms with Crippen molar-refractivity contribution in [1.29, 1.82) is 0 Å². The van der Waals surface area contributed by atoms with Crippen LogP contribution in [0.1, 0.15) is 32.6 Å². The van der Waals surface area contributed by atoms with E-state index in [9.17, 15) is 4.79 Å². The maximum atomic E-state index is 12.3. The average molecular weight is 418 g/mol. The first-order chi connectivity index (χ1) is 14.6. The van der Waals surface area contributed by atoms with Crippen molar-refractivity contribution in [1.82, 2.24) is 9.80 Å². The van der Waals surface area contributed by atoms with Gasteiger partial charge in [0.15, 0.2) is 11.5 Å². The van der Waals surface area contributed by atoms with Crippen LogP contribution in [0.4, 0.5) is 5.69 Å². The van der Waals surface area contributed by atoms with E-state index in [-0.39, 0.29) is 18.1 Å². The van der Waals surface area contributed by atoms with Crippen LogP contribution in [-0.4, -0.2) is 87.4 Å². The Morgan fingerprint density at radius 3 is 2.57 bits per heavy atom. The highest BCUT2D eigenvalue weighted by molar-refractivity contribution is 5.74. The Labute approximate surface area is 179 Å². The largest absolute Gasteiger partial charge is 0.493 e. The van der Waals surface area contributed by atoms with Gasteiger partial charge in [0.25, 0.3) is 0 Å². The molecule has 30 heavy (non-hydrogen) atoms. The number of piperazine rings is 1. The van der Waals surface area contributed by atoms with E-state index in [1.54, 1.807) is 14.0 Å². The minimum absolute atomic E-state index is 0.160. The van der Waals surface area contributed by atoms with E-state index in [1.165, 1.54) is 12.8 Å². The van der Waals surface area contributed by atoms with E-state index < -0.39 is 0 Å². The molecule has 1 aromatic rings. The molecular weight excluding hydrogens is 382 g/mol. The Kier molecular flexibility index (Phi) is 7.00. The molecule has 7 nitrogen and oxygen atoms in total. The maximum absolute atomic E-state index is 12.3. The average Bonchev–Trinajstić information content (AvgIpc) is 3.27. The number of rotatable bonds is 6. The van der Waals surface area contributed by atoms with Gasteiger partial charge in [0, 0.05) is 57.9 Å². The van der Waals surface area contributed by atoms with Crippen LogP contribution in [0.25, 0.3) is 0 Å². The molecule has 2 heterocycles. The van der Waals surface area contributed by atoms with Gasteiger partial charge in [-0.1, -0.05) is 0 Å². The summed E-state index contributed by atoms with van der Waals surface area (Å²) in [5.74, 6) is 1.78. The van der Waals surface area contributed by atoms with Crippen LogP contribution in [0, 0.1) is 0 Å². The van der Waals surface area contributed by atoms with Crippen LogP contribution in [0.2, 0.25) is 0 Å². The summed E-state index contributed by atoms with van der Waals surface area (Å²) in [6.07, 6.45) is 5.00. The van der Waals surface area contributed by atoms with Crippen molar-refractivity contribution >= 4 is 11.6 Å². The first-order valence-electron chi connectivity index (χ1n) is 11.3. The molecule has 7 heteroatoms. The molecule has 2 saturated heterocycles. The molecule has 166 valence electrons. The SMILES string of the molecule is COc1ccc(N2CCN(C(C)=O)[C@@H](CN3CCOCC3)C2)cc1OC1CCCC1. The lowest BCUT2D eigenvalue weighted by atomic mass is 10.1. The van der Waals surface area contributed by atoms with E-state index in [1.807, 2.05) is 11.0 Å². The molecule has 0 unspecified atom stereocenters. The Hall–Kier alpha value is -1.99. The lowest BCUT2D eigenvalue weighted by Crippen LogP contribution is -2.59. The first kappa shape index (κ1) is 21.2. The summed E-state index contributed by atoms with van der Waals surface area (Å²) < 4.78 is 17.3. The summed E-state index contributed by atoms with van der Waals surface area (Å²) in [5.41, 5.74) is 1.14. The number of amides is 1. The van der Waals surface area contributed by atoms with Gasteiger partial charge in [-0.25, -0.2) is 0 Å². The molecule has 3 fully saturated rings. The van der Waals surface area contributed by atoms with Gasteiger partial charge in [-0.3, -0.25) is 9.69 Å². The Bertz CT molecular complexity index is 716. The normalized spacial score (nSPS) is 23.6. The van der Waals surface area contributed by atoms with E-state index in [0.29, 0.717) is 0 Å². The molecule has 1 saturated carbocycles. The number of methoxy groups -OCH3 is 1. The van der Waals surface area contributed by atoms with E-state index in [4.69, 9.17) is 14.2 Å². The van der Waals surface area contributed by atoms with Crippen molar-refractivity contribution in [3.05, 3.63) is 18.2 Å². The van der Waals surface area contributed by atoms with Gasteiger partial charge in [-0.2, -0.15) is 0 Å². The highest BCUT2D eigenvalue weighted by atomic mass is 16.5. The molecule has 1 aromatic carbocycles. The van der Waals surface area contributed by atoms with Crippen molar-refractivity contribution in [2.24, 2.45) is 0 Å². The lowest BCUT2D eigenvalue weighted by molar-refractivity contribution is -0.132. The highest BCUT2D eigenvalue weighted by Crippen LogP contribution is 2.35. The predicted molar refractivity (Wildman–Crippen MR) is 117 cm³/mol. The molecule has 0 N–H and O–H groups in total. The molecule has 1 atom stereocenters. The zero-order chi connectivity index (χ0) is 20.9. The Morgan fingerprint density at radius 2 is 1.87 bits per heavy atom. The minimum Gasteiger partial charge on any atom is -0.493 e. The number of benzene rings is 1. The summed E-state index contributed by atoms with van der Waals surface area (Å²) >= 11 is 0. The standard InChI is InChI=1S/C23H35N3O4/c1-18(27)26-10-9-25(17-20(26)16-24-11-13-29-14-12-24)19-7-8-22(28-2)23(15-19)30-21-5-3-4-6-21/h7-8,15,20-21H,3-6,9-14,16-17H2,1-2H3/t20-/m0/s1. The van der Waals surface area contributed by atoms with Crippen molar-refractivity contribution in [3.63, 3.8) is 0 Å². The molecule has 2 aliphatic heterocycles. The molecule has 1 aliphatic carbocycles. The number of carbonyl (C=O) groups is 1. The summed E-state index contributed by atoms with van der Waals surface area (Å²) in [6, 6.07) is 6.41. The number of hydrogen-bond donors (Lipinski definition) is 0. The molecule has 3 aliphatic rings. The second kappa shape index (κ2) is 9.88. The summed E-state index contributed by atoms with van der Waals surface area (Å²) in [4.78, 5) is 19.1. The molecular formula is C23H35N3O4. The fraction of sp³-hybridized carbons (Fsp3) is 0.696. The number of morpholine rings is 1. The third-order valence-electron chi connectivity index (χ3n) is 6.57. The molecule has 1 amide bonds. The molecule has 0 bridgehead atoms. The number of hydrogen-bond acceptors (Lipinski definition) is 6. The number of carbonyl (C=O) groups excluding carboxylic acids is 1. The van der Waals surface area contributed by atoms with Crippen molar-refractivity contribution in [3.8, 4) is 11.5 Å². The zero-order valence-corrected chi connectivity index (χ0v) is 18.3. The highest BCUT2D eigenvalue weighted by Gasteiger charge is 2.31. The van der Waals surface area contributed by atoms with Gasteiger partial charge in [-0.05, 0) is 37.8 Å². The number of ether oxygens (including phenoxy) is 3. The quantitative estimate of drug-likeness (QED) is 0.709. The fourth-order valence-electron chi connectivity index (χ4n) is 4.88. The van der Waals surface area contributed by atoms with Gasteiger partial charge in [0.2, 0.25) is 5.91 Å². The van der Waals surface area contributed by atoms with E-state index in [0.717, 1.165) is 82.5 Å². The topological polar surface area (TPSA) is 54.5 Å². The fourth-order valence-corrected chi connectivity index (χ4v) is 4.88. The van der Waals surface area contributed by atoms with Crippen molar-refractivity contribution in [2.75, 3.05) is 64.5 Å². The lowest BCUT2D eigenvalue weighted by Gasteiger charge is -2.44. The van der Waals surface area contributed by atoms with Crippen molar-refractivity contribution < 1.29 is 19.0 Å². The second-order valence-electron chi connectivity index (χ2n) is 8.58. The Balaban J connectivity index is 1.48. The molecule has 0 radical (unpaired) electrons. The predicted octanol–water partition coefficient (Wildman–Crippen LogP) is 2.39. The number of nitrogens with zero attached hydrogens (tertiary/aromatic N) is 3. The summed E-state index contributed by atoms with van der Waals surface area (Å²) in [5, 5.41) is 0. The minimum atomic E-state index is 0.160. The van der Waals surface area contributed by atoms with Crippen molar-refractivity contribution in [2.45, 2.75) is 44.8 Å². The molecule has 4 rings (SSSR count). The third kappa shape index (κ3) is 5.01. The second-order valence-corrected chi connectivity index (χ2v) is 8.58. The van der Waals surface area contributed by atoms with Gasteiger partial charge in [-0.15, -0.1) is 0 Å². The third-order valence-corrected chi connectivity index (χ3v) is 6.57. The van der Waals surface area contributed by atoms with Gasteiger partial charge < -0.3 is 24.0 Å². The Morgan fingerprint density at radius 1 is 1.10 bits per heavy atom. The van der Waals surface area contributed by atoms with Crippen LogP contribution >= 0.6 is 0 Å². The van der Waals surface area contributed by atoms with Gasteiger partial charge >= 0.3 is 0 Å². The maximum Gasteiger partial charge on any atom is 0.219 e. The summed E-state index contributed by atoms with van der Waals surface area (Å²) in [7, 11) is 1.69. The molecule has 0 spiro atoms. The van der Waals surface area contributed by atoms with Crippen LogP contribution in [-0.2, 0) is 9.53 Å². The molecule has 0 aromatic heterocycles. The zero-order valence-electron chi connectivity index (χ0n) is 18.3. The van der Waals surface area contributed by atoms with Crippen LogP contribution < -0.4 is 14.4 Å².